The molecule has 4 aliphatic rings. The molecule has 1 aliphatic heterocycles. The Bertz CT molecular complexity index is 1110. The summed E-state index contributed by atoms with van der Waals surface area (Å²) < 4.78 is 16.4. The number of fused-ring (bicyclic) bond motifs is 7. The molecule has 6 rings (SSSR count). The van der Waals surface area contributed by atoms with Gasteiger partial charge in [0.15, 0.2) is 0 Å². The third-order valence-corrected chi connectivity index (χ3v) is 10.1. The lowest BCUT2D eigenvalue weighted by molar-refractivity contribution is -0.133. The van der Waals surface area contributed by atoms with Crippen LogP contribution in [0.25, 0.3) is 6.08 Å². The van der Waals surface area contributed by atoms with Gasteiger partial charge in [-0.3, -0.25) is 4.79 Å². The van der Waals surface area contributed by atoms with Crippen LogP contribution < -0.4 is 5.32 Å². The summed E-state index contributed by atoms with van der Waals surface area (Å²) in [5, 5.41) is 3.07. The number of nitrogens with zero attached hydrogens (tertiary/aromatic N) is 2. The molecule has 0 bridgehead atoms. The number of rotatable bonds is 3. The zero-order chi connectivity index (χ0) is 22.8. The van der Waals surface area contributed by atoms with E-state index in [2.05, 4.69) is 47.1 Å². The summed E-state index contributed by atoms with van der Waals surface area (Å²) >= 11 is 0. The fourth-order valence-corrected chi connectivity index (χ4v) is 8.39. The van der Waals surface area contributed by atoms with Crippen molar-refractivity contribution in [3.05, 3.63) is 59.9 Å². The van der Waals surface area contributed by atoms with Gasteiger partial charge in [0, 0.05) is 41.9 Å². The van der Waals surface area contributed by atoms with E-state index in [1.807, 2.05) is 12.3 Å². The smallest absolute Gasteiger partial charge is 0.223 e. The van der Waals surface area contributed by atoms with E-state index in [0.29, 0.717) is 29.4 Å². The predicted molar refractivity (Wildman–Crippen MR) is 126 cm³/mol. The van der Waals surface area contributed by atoms with E-state index in [1.54, 1.807) is 12.1 Å². The van der Waals surface area contributed by atoms with Gasteiger partial charge in [0.05, 0.1) is 0 Å². The minimum atomic E-state index is -0.250. The monoisotopic (exact) mass is 447 g/mol. The molecule has 0 spiro atoms. The van der Waals surface area contributed by atoms with Crippen LogP contribution in [0.1, 0.15) is 69.8 Å². The number of allylic oxidation sites excluding steroid dienone is 1. The van der Waals surface area contributed by atoms with Crippen molar-refractivity contribution < 1.29 is 9.18 Å². The Kier molecular flexibility index (Phi) is 4.83. The topological polar surface area (TPSA) is 46.9 Å². The number of halogens is 1. The molecule has 1 N–H and O–H groups in total. The van der Waals surface area contributed by atoms with E-state index >= 15 is 0 Å². The molecule has 5 heteroatoms. The Morgan fingerprint density at radius 3 is 2.85 bits per heavy atom. The second-order valence-electron chi connectivity index (χ2n) is 11.3. The molecular formula is C28H34FN3O. The largest absolute Gasteiger partial charge is 0.352 e. The van der Waals surface area contributed by atoms with E-state index in [0.717, 1.165) is 25.1 Å². The first-order valence-electron chi connectivity index (χ1n) is 12.6. The molecule has 1 amide bonds. The first kappa shape index (κ1) is 21.1. The molecule has 2 heterocycles. The maximum absolute atomic E-state index is 14.0. The number of amides is 1. The predicted octanol–water partition coefficient (Wildman–Crippen LogP) is 5.77. The van der Waals surface area contributed by atoms with Crippen molar-refractivity contribution in [3.8, 4) is 0 Å². The Morgan fingerprint density at radius 2 is 2.00 bits per heavy atom. The zero-order valence-corrected chi connectivity index (χ0v) is 19.6. The summed E-state index contributed by atoms with van der Waals surface area (Å²) in [4.78, 5) is 17.8. The van der Waals surface area contributed by atoms with E-state index in [-0.39, 0.29) is 35.0 Å². The van der Waals surface area contributed by atoms with Crippen molar-refractivity contribution in [3.63, 3.8) is 0 Å². The molecule has 33 heavy (non-hydrogen) atoms. The maximum atomic E-state index is 14.0. The molecule has 7 atom stereocenters. The van der Waals surface area contributed by atoms with Gasteiger partial charge in [0.1, 0.15) is 11.6 Å². The summed E-state index contributed by atoms with van der Waals surface area (Å²) in [6, 6.07) is 7.21. The lowest BCUT2D eigenvalue weighted by atomic mass is 9.48. The van der Waals surface area contributed by atoms with Gasteiger partial charge in [-0.1, -0.05) is 38.1 Å². The van der Waals surface area contributed by atoms with Crippen LogP contribution in [0.5, 0.6) is 0 Å². The van der Waals surface area contributed by atoms with Gasteiger partial charge in [0.25, 0.3) is 0 Å². The number of carbonyl (C=O) groups excluding carboxylic acids is 1. The average molecular weight is 448 g/mol. The molecule has 1 aromatic heterocycles. The fraction of sp³-hybridized carbons (Fsp3) is 0.571. The van der Waals surface area contributed by atoms with Crippen LogP contribution >= 0.6 is 0 Å². The fourth-order valence-electron chi connectivity index (χ4n) is 8.39. The van der Waals surface area contributed by atoms with Crippen molar-refractivity contribution >= 4 is 12.0 Å². The highest BCUT2D eigenvalue weighted by molar-refractivity contribution is 5.80. The standard InChI is InChI=1S/C28H34FN3O/c1-27-13-11-21-19(7-10-24-28(21,2)14-12-25-30-15-16-32(24)25)20(27)8-9-22(27)26(33)31-17-18-5-3-4-6-23(18)29/h3-6,12,14-16,19-22,24H,7-11,13,17H2,1-2H3,(H,31,33)/t19-,20-,21-,22+,24?,27-,28+/m0/s1. The lowest BCUT2D eigenvalue weighted by Gasteiger charge is -2.59. The molecule has 1 unspecified atom stereocenters. The van der Waals surface area contributed by atoms with Crippen molar-refractivity contribution in [2.75, 3.05) is 0 Å². The van der Waals surface area contributed by atoms with Gasteiger partial charge in [-0.2, -0.15) is 0 Å². The minimum absolute atomic E-state index is 0.0305. The Morgan fingerprint density at radius 1 is 1.15 bits per heavy atom. The highest BCUT2D eigenvalue weighted by Gasteiger charge is 2.61. The van der Waals surface area contributed by atoms with Crippen LogP contribution in [0.3, 0.4) is 0 Å². The zero-order valence-electron chi connectivity index (χ0n) is 19.6. The molecular weight excluding hydrogens is 413 g/mol. The van der Waals surface area contributed by atoms with E-state index < -0.39 is 0 Å². The number of hydrogen-bond donors (Lipinski definition) is 1. The molecule has 0 radical (unpaired) electrons. The maximum Gasteiger partial charge on any atom is 0.223 e. The van der Waals surface area contributed by atoms with E-state index in [4.69, 9.17) is 0 Å². The van der Waals surface area contributed by atoms with Crippen molar-refractivity contribution in [1.29, 1.82) is 0 Å². The van der Waals surface area contributed by atoms with Crippen molar-refractivity contribution in [2.24, 2.45) is 34.5 Å². The van der Waals surface area contributed by atoms with Crippen LogP contribution in [-0.4, -0.2) is 15.5 Å². The van der Waals surface area contributed by atoms with Crippen LogP contribution in [0.2, 0.25) is 0 Å². The average Bonchev–Trinajstić information content (AvgIpc) is 3.42. The Balaban J connectivity index is 1.20. The summed E-state index contributed by atoms with van der Waals surface area (Å²) in [6.07, 6.45) is 15.5. The molecule has 3 fully saturated rings. The van der Waals surface area contributed by atoms with Gasteiger partial charge in [-0.05, 0) is 73.8 Å². The van der Waals surface area contributed by atoms with Gasteiger partial charge in [-0.25, -0.2) is 9.37 Å². The molecule has 1 aromatic carbocycles. The Labute approximate surface area is 195 Å². The van der Waals surface area contributed by atoms with E-state index in [9.17, 15) is 9.18 Å². The number of benzene rings is 1. The van der Waals surface area contributed by atoms with Gasteiger partial charge in [0.2, 0.25) is 5.91 Å². The molecule has 3 aliphatic carbocycles. The summed E-state index contributed by atoms with van der Waals surface area (Å²) in [7, 11) is 0. The van der Waals surface area contributed by atoms with Crippen LogP contribution in [0, 0.1) is 40.3 Å². The van der Waals surface area contributed by atoms with Gasteiger partial charge >= 0.3 is 0 Å². The van der Waals surface area contributed by atoms with Crippen LogP contribution in [-0.2, 0) is 11.3 Å². The number of imidazole rings is 1. The van der Waals surface area contributed by atoms with Crippen molar-refractivity contribution in [1.82, 2.24) is 14.9 Å². The molecule has 174 valence electrons. The Hall–Kier alpha value is -2.43. The molecule has 3 saturated carbocycles. The number of hydrogen-bond acceptors (Lipinski definition) is 2. The summed E-state index contributed by atoms with van der Waals surface area (Å²) in [5.41, 5.74) is 0.759. The third-order valence-electron chi connectivity index (χ3n) is 10.1. The summed E-state index contributed by atoms with van der Waals surface area (Å²) in [5.74, 6) is 2.90. The lowest BCUT2D eigenvalue weighted by Crippen LogP contribution is -2.53. The SMILES string of the molecule is C[C@]12CC[C@H]3[C@@H](CCC4n5ccnc5C=C[C@@]43C)[C@@H]1CC[C@@H]2C(=O)NCc1ccccc1F. The quantitative estimate of drug-likeness (QED) is 0.650. The molecule has 0 saturated heterocycles. The number of carbonyl (C=O) groups is 1. The molecule has 4 nitrogen and oxygen atoms in total. The highest BCUT2D eigenvalue weighted by Crippen LogP contribution is 2.67. The minimum Gasteiger partial charge on any atom is -0.352 e. The third kappa shape index (κ3) is 3.07. The highest BCUT2D eigenvalue weighted by atomic mass is 19.1. The second kappa shape index (κ2) is 7.54. The van der Waals surface area contributed by atoms with E-state index in [1.165, 1.54) is 25.3 Å². The number of nitrogens with one attached hydrogen (secondary N) is 1. The normalized spacial score (nSPS) is 38.7. The first-order valence-corrected chi connectivity index (χ1v) is 12.6. The molecule has 2 aromatic rings. The first-order chi connectivity index (χ1) is 15.9. The van der Waals surface area contributed by atoms with Gasteiger partial charge < -0.3 is 9.88 Å². The van der Waals surface area contributed by atoms with Crippen LogP contribution in [0.4, 0.5) is 4.39 Å². The van der Waals surface area contributed by atoms with Gasteiger partial charge in [-0.15, -0.1) is 0 Å². The summed E-state index contributed by atoms with van der Waals surface area (Å²) in [6.45, 7) is 5.10. The second-order valence-corrected chi connectivity index (χ2v) is 11.3. The van der Waals surface area contributed by atoms with Crippen molar-refractivity contribution in [2.45, 2.75) is 65.0 Å². The number of aromatic nitrogens is 2. The van der Waals surface area contributed by atoms with Crippen LogP contribution in [0.15, 0.2) is 42.7 Å².